The molecular formula is C12H12N2O4. The van der Waals surface area contributed by atoms with Crippen molar-refractivity contribution in [3.63, 3.8) is 0 Å². The highest BCUT2D eigenvalue weighted by Crippen LogP contribution is 2.15. The van der Waals surface area contributed by atoms with Gasteiger partial charge in [-0.05, 0) is 24.3 Å². The Kier molecular flexibility index (Phi) is 3.29. The maximum atomic E-state index is 11.7. The monoisotopic (exact) mass is 248 g/mol. The molecule has 0 aliphatic carbocycles. The molecule has 0 saturated heterocycles. The lowest BCUT2D eigenvalue weighted by Crippen LogP contribution is -2.21. The molecule has 0 unspecified atom stereocenters. The number of aliphatic hydroxyl groups excluding tert-OH is 1. The van der Waals surface area contributed by atoms with Gasteiger partial charge in [-0.2, -0.15) is 9.78 Å². The molecule has 0 aliphatic rings. The molecule has 1 heterocycles. The Morgan fingerprint density at radius 2 is 2.00 bits per heavy atom. The Morgan fingerprint density at radius 3 is 2.56 bits per heavy atom. The molecule has 0 spiro atoms. The summed E-state index contributed by atoms with van der Waals surface area (Å²) < 4.78 is 6.11. The lowest BCUT2D eigenvalue weighted by molar-refractivity contribution is 0.266. The molecular weight excluding hydrogens is 236 g/mol. The third-order valence-electron chi connectivity index (χ3n) is 2.45. The summed E-state index contributed by atoms with van der Waals surface area (Å²) in [7, 11) is 1.55. The minimum absolute atomic E-state index is 0.0467. The zero-order chi connectivity index (χ0) is 13.1. The van der Waals surface area contributed by atoms with Crippen molar-refractivity contribution >= 4 is 0 Å². The van der Waals surface area contributed by atoms with Gasteiger partial charge in [0.1, 0.15) is 17.2 Å². The van der Waals surface area contributed by atoms with Gasteiger partial charge >= 0.3 is 0 Å². The molecule has 0 aliphatic heterocycles. The molecule has 1 aromatic heterocycles. The van der Waals surface area contributed by atoms with Crippen LogP contribution in [0.1, 0.15) is 5.69 Å². The maximum absolute atomic E-state index is 11.7. The van der Waals surface area contributed by atoms with Crippen LogP contribution in [0.15, 0.2) is 35.1 Å². The number of rotatable bonds is 3. The molecule has 6 heteroatoms. The zero-order valence-corrected chi connectivity index (χ0v) is 9.70. The molecule has 0 amide bonds. The van der Waals surface area contributed by atoms with E-state index in [1.54, 1.807) is 31.4 Å². The van der Waals surface area contributed by atoms with E-state index in [1.807, 2.05) is 0 Å². The SMILES string of the molecule is COc1ccc(-n2nc(CO)c(O)cc2=O)cc1. The zero-order valence-electron chi connectivity index (χ0n) is 9.70. The van der Waals surface area contributed by atoms with Gasteiger partial charge in [-0.3, -0.25) is 4.79 Å². The van der Waals surface area contributed by atoms with Crippen LogP contribution in [0.2, 0.25) is 0 Å². The predicted molar refractivity (Wildman–Crippen MR) is 64.0 cm³/mol. The Bertz CT molecular complexity index is 604. The van der Waals surface area contributed by atoms with E-state index < -0.39 is 12.2 Å². The molecule has 94 valence electrons. The van der Waals surface area contributed by atoms with Gasteiger partial charge in [-0.15, -0.1) is 0 Å². The van der Waals surface area contributed by atoms with Crippen LogP contribution in [0.25, 0.3) is 5.69 Å². The van der Waals surface area contributed by atoms with Gasteiger partial charge in [-0.1, -0.05) is 0 Å². The van der Waals surface area contributed by atoms with E-state index in [9.17, 15) is 9.90 Å². The quantitative estimate of drug-likeness (QED) is 0.823. The number of aromatic nitrogens is 2. The van der Waals surface area contributed by atoms with Gasteiger partial charge in [0.2, 0.25) is 0 Å². The maximum Gasteiger partial charge on any atom is 0.275 e. The molecule has 0 saturated carbocycles. The molecule has 2 N–H and O–H groups in total. The minimum Gasteiger partial charge on any atom is -0.506 e. The van der Waals surface area contributed by atoms with E-state index in [4.69, 9.17) is 9.84 Å². The number of hydrogen-bond donors (Lipinski definition) is 2. The van der Waals surface area contributed by atoms with Crippen LogP contribution in [0, 0.1) is 0 Å². The molecule has 1 aromatic carbocycles. The van der Waals surface area contributed by atoms with E-state index in [-0.39, 0.29) is 11.4 Å². The number of aliphatic hydroxyl groups is 1. The Morgan fingerprint density at radius 1 is 1.33 bits per heavy atom. The van der Waals surface area contributed by atoms with Crippen molar-refractivity contribution in [1.29, 1.82) is 0 Å². The molecule has 0 radical (unpaired) electrons. The van der Waals surface area contributed by atoms with Gasteiger partial charge in [0, 0.05) is 6.07 Å². The van der Waals surface area contributed by atoms with Gasteiger partial charge in [0.25, 0.3) is 5.56 Å². The molecule has 0 atom stereocenters. The second kappa shape index (κ2) is 4.89. The number of benzene rings is 1. The number of hydrogen-bond acceptors (Lipinski definition) is 5. The lowest BCUT2D eigenvalue weighted by Gasteiger charge is -2.07. The lowest BCUT2D eigenvalue weighted by atomic mass is 10.3. The summed E-state index contributed by atoms with van der Waals surface area (Å²) in [6.07, 6.45) is 0. The van der Waals surface area contributed by atoms with E-state index in [1.165, 1.54) is 0 Å². The first-order chi connectivity index (χ1) is 8.65. The summed E-state index contributed by atoms with van der Waals surface area (Å²) in [5, 5.41) is 22.3. The Hall–Kier alpha value is -2.34. The van der Waals surface area contributed by atoms with Gasteiger partial charge < -0.3 is 14.9 Å². The largest absolute Gasteiger partial charge is 0.506 e. The number of aromatic hydroxyl groups is 1. The first-order valence-corrected chi connectivity index (χ1v) is 5.23. The molecule has 0 bridgehead atoms. The van der Waals surface area contributed by atoms with Crippen molar-refractivity contribution in [3.05, 3.63) is 46.4 Å². The highest BCUT2D eigenvalue weighted by atomic mass is 16.5. The molecule has 6 nitrogen and oxygen atoms in total. The number of nitrogens with zero attached hydrogens (tertiary/aromatic N) is 2. The predicted octanol–water partition coefficient (Wildman–Crippen LogP) is 0.439. The van der Waals surface area contributed by atoms with Gasteiger partial charge in [-0.25, -0.2) is 0 Å². The van der Waals surface area contributed by atoms with Crippen LogP contribution in [-0.4, -0.2) is 27.1 Å². The first kappa shape index (κ1) is 12.1. The standard InChI is InChI=1S/C12H12N2O4/c1-18-9-4-2-8(3-5-9)14-12(17)6-11(16)10(7-15)13-14/h2-6,15-16H,7H2,1H3. The fourth-order valence-corrected chi connectivity index (χ4v) is 1.50. The van der Waals surface area contributed by atoms with Crippen molar-refractivity contribution in [2.24, 2.45) is 0 Å². The van der Waals surface area contributed by atoms with E-state index in [0.717, 1.165) is 10.7 Å². The average Bonchev–Trinajstić information content (AvgIpc) is 2.39. The van der Waals surface area contributed by atoms with Crippen LogP contribution in [0.4, 0.5) is 0 Å². The minimum atomic E-state index is -0.477. The van der Waals surface area contributed by atoms with Crippen molar-refractivity contribution in [2.75, 3.05) is 7.11 Å². The second-order valence-electron chi connectivity index (χ2n) is 3.58. The van der Waals surface area contributed by atoms with Crippen molar-refractivity contribution < 1.29 is 14.9 Å². The highest BCUT2D eigenvalue weighted by molar-refractivity contribution is 5.37. The van der Waals surface area contributed by atoms with Crippen molar-refractivity contribution in [1.82, 2.24) is 9.78 Å². The fourth-order valence-electron chi connectivity index (χ4n) is 1.50. The molecule has 0 fully saturated rings. The highest BCUT2D eigenvalue weighted by Gasteiger charge is 2.08. The summed E-state index contributed by atoms with van der Waals surface area (Å²) >= 11 is 0. The fraction of sp³-hybridized carbons (Fsp3) is 0.167. The summed E-state index contributed by atoms with van der Waals surface area (Å²) in [4.78, 5) is 11.7. The van der Waals surface area contributed by atoms with Gasteiger partial charge in [0.05, 0.1) is 19.4 Å². The normalized spacial score (nSPS) is 10.3. The summed E-state index contributed by atoms with van der Waals surface area (Å²) in [5.41, 5.74) is 0.0933. The third-order valence-corrected chi connectivity index (χ3v) is 2.45. The Labute approximate surface area is 103 Å². The van der Waals surface area contributed by atoms with E-state index in [2.05, 4.69) is 5.10 Å². The van der Waals surface area contributed by atoms with Crippen LogP contribution >= 0.6 is 0 Å². The molecule has 18 heavy (non-hydrogen) atoms. The van der Waals surface area contributed by atoms with Crippen LogP contribution in [0.3, 0.4) is 0 Å². The van der Waals surface area contributed by atoms with E-state index >= 15 is 0 Å². The van der Waals surface area contributed by atoms with Gasteiger partial charge in [0.15, 0.2) is 0 Å². The summed E-state index contributed by atoms with van der Waals surface area (Å²) in [6, 6.07) is 7.71. The van der Waals surface area contributed by atoms with Crippen LogP contribution in [-0.2, 0) is 6.61 Å². The van der Waals surface area contributed by atoms with Crippen LogP contribution < -0.4 is 10.3 Å². The Balaban J connectivity index is 2.52. The molecule has 2 rings (SSSR count). The van der Waals surface area contributed by atoms with Crippen molar-refractivity contribution in [2.45, 2.75) is 6.61 Å². The number of methoxy groups -OCH3 is 1. The topological polar surface area (TPSA) is 84.6 Å². The van der Waals surface area contributed by atoms with Crippen molar-refractivity contribution in [3.8, 4) is 17.2 Å². The van der Waals surface area contributed by atoms with E-state index in [0.29, 0.717) is 11.4 Å². The number of ether oxygens (including phenoxy) is 1. The third kappa shape index (κ3) is 2.18. The summed E-state index contributed by atoms with van der Waals surface area (Å²) in [6.45, 7) is -0.442. The summed E-state index contributed by atoms with van der Waals surface area (Å²) in [5.74, 6) is 0.347. The smallest absolute Gasteiger partial charge is 0.275 e. The second-order valence-corrected chi connectivity index (χ2v) is 3.58. The van der Waals surface area contributed by atoms with Crippen LogP contribution in [0.5, 0.6) is 11.5 Å². The molecule has 2 aromatic rings. The first-order valence-electron chi connectivity index (χ1n) is 5.23. The average molecular weight is 248 g/mol.